The second kappa shape index (κ2) is 12.4. The quantitative estimate of drug-likeness (QED) is 0.347. The van der Waals surface area contributed by atoms with Crippen molar-refractivity contribution in [3.05, 3.63) is 57.0 Å². The molecule has 2 atom stereocenters. The number of carbonyl (C=O) groups excluding carboxylic acids is 2. The van der Waals surface area contributed by atoms with Crippen LogP contribution in [0.5, 0.6) is 5.75 Å². The minimum absolute atomic E-state index is 0.116. The van der Waals surface area contributed by atoms with E-state index in [-0.39, 0.29) is 24.1 Å². The predicted molar refractivity (Wildman–Crippen MR) is 125 cm³/mol. The summed E-state index contributed by atoms with van der Waals surface area (Å²) in [6, 6.07) is 4.36. The highest BCUT2D eigenvalue weighted by atomic mass is 19.1. The number of aryl methyl sites for hydroxylation is 1. The van der Waals surface area contributed by atoms with Gasteiger partial charge in [0, 0.05) is 34.1 Å². The predicted octanol–water partition coefficient (Wildman–Crippen LogP) is 0.131. The molecule has 1 aromatic carbocycles. The number of aliphatic hydroxyl groups is 1. The summed E-state index contributed by atoms with van der Waals surface area (Å²) in [7, 11) is 4.47. The molecule has 1 aliphatic rings. The van der Waals surface area contributed by atoms with Crippen LogP contribution in [0.25, 0.3) is 0 Å². The third-order valence-electron chi connectivity index (χ3n) is 5.27. The van der Waals surface area contributed by atoms with E-state index >= 15 is 0 Å². The van der Waals surface area contributed by atoms with E-state index in [9.17, 15) is 29.0 Å². The highest BCUT2D eigenvalue weighted by molar-refractivity contribution is 6.34. The first kappa shape index (κ1) is 27.9. The van der Waals surface area contributed by atoms with Crippen LogP contribution in [0.3, 0.4) is 0 Å². The number of benzene rings is 1. The molecule has 1 aliphatic heterocycles. The summed E-state index contributed by atoms with van der Waals surface area (Å²) in [4.78, 5) is 39.0. The lowest BCUT2D eigenvalue weighted by molar-refractivity contribution is -0.143. The van der Waals surface area contributed by atoms with Crippen molar-refractivity contribution in [2.45, 2.75) is 39.1 Å². The van der Waals surface area contributed by atoms with Crippen molar-refractivity contribution in [1.82, 2.24) is 25.1 Å². The summed E-state index contributed by atoms with van der Waals surface area (Å²) >= 11 is 0. The number of halogens is 1. The largest absolute Gasteiger partial charge is 0.502 e. The first-order chi connectivity index (χ1) is 16.5. The standard InChI is InChI=1S/C18H22FN3O4.C5H10N2O2/c1-10-7-12(3-4-13(10)19)8-20-17(24)15-16(23)18(25)22-11(2)9-26-6-5-14(22)21-15;1-6-4(8)5(9)7(2)3/h3-4,7,11,17,20,23-24H,5-6,8-9H2,1-2H3;1-3H3,(H,6,8). The molecule has 192 valence electrons. The number of aromatic nitrogens is 2. The molecule has 0 spiro atoms. The van der Waals surface area contributed by atoms with Gasteiger partial charge < -0.3 is 25.2 Å². The van der Waals surface area contributed by atoms with Gasteiger partial charge in [-0.2, -0.15) is 0 Å². The summed E-state index contributed by atoms with van der Waals surface area (Å²) in [5.74, 6) is -1.54. The van der Waals surface area contributed by atoms with E-state index in [1.807, 2.05) is 6.92 Å². The van der Waals surface area contributed by atoms with Gasteiger partial charge in [-0.15, -0.1) is 0 Å². The Kier molecular flexibility index (Phi) is 9.87. The zero-order valence-corrected chi connectivity index (χ0v) is 20.5. The summed E-state index contributed by atoms with van der Waals surface area (Å²) in [5.41, 5.74) is 0.545. The average molecular weight is 494 g/mol. The van der Waals surface area contributed by atoms with Gasteiger partial charge in [-0.25, -0.2) is 9.37 Å². The Hall–Kier alpha value is -3.35. The molecule has 0 saturated heterocycles. The first-order valence-electron chi connectivity index (χ1n) is 11.0. The number of hydrogen-bond acceptors (Lipinski definition) is 8. The zero-order valence-electron chi connectivity index (χ0n) is 20.5. The molecule has 0 aliphatic carbocycles. The molecule has 12 heteroatoms. The fourth-order valence-electron chi connectivity index (χ4n) is 3.34. The molecule has 2 heterocycles. The summed E-state index contributed by atoms with van der Waals surface area (Å²) < 4.78 is 20.1. The van der Waals surface area contributed by atoms with Gasteiger partial charge in [-0.1, -0.05) is 12.1 Å². The highest BCUT2D eigenvalue weighted by Crippen LogP contribution is 2.21. The maximum absolute atomic E-state index is 13.3. The molecule has 0 fully saturated rings. The van der Waals surface area contributed by atoms with Crippen LogP contribution in [0.4, 0.5) is 4.39 Å². The molecule has 3 rings (SSSR count). The SMILES string of the molecule is CNC(=O)C(=O)N(C)C.Cc1cc(CNC(O)c2nc3n(c(=O)c2O)C(C)COCC3)ccc1F. The number of hydrogen-bond donors (Lipinski definition) is 4. The Morgan fingerprint density at radius 2 is 2.06 bits per heavy atom. The van der Waals surface area contributed by atoms with Crippen molar-refractivity contribution < 1.29 is 28.9 Å². The second-order valence-corrected chi connectivity index (χ2v) is 8.26. The monoisotopic (exact) mass is 493 g/mol. The minimum Gasteiger partial charge on any atom is -0.502 e. The van der Waals surface area contributed by atoms with Gasteiger partial charge >= 0.3 is 11.8 Å². The van der Waals surface area contributed by atoms with E-state index in [1.165, 1.54) is 36.7 Å². The lowest BCUT2D eigenvalue weighted by atomic mass is 10.1. The fourth-order valence-corrected chi connectivity index (χ4v) is 3.34. The molecule has 2 unspecified atom stereocenters. The van der Waals surface area contributed by atoms with E-state index < -0.39 is 29.4 Å². The Morgan fingerprint density at radius 3 is 2.63 bits per heavy atom. The average Bonchev–Trinajstić information content (AvgIpc) is 3.02. The number of rotatable bonds is 4. The van der Waals surface area contributed by atoms with Gasteiger partial charge in [0.05, 0.1) is 19.3 Å². The number of fused-ring (bicyclic) bond motifs is 1. The topological polar surface area (TPSA) is 146 Å². The van der Waals surface area contributed by atoms with Gasteiger partial charge in [-0.3, -0.25) is 24.3 Å². The normalized spacial score (nSPS) is 15.7. The van der Waals surface area contributed by atoms with E-state index in [0.29, 0.717) is 31.0 Å². The lowest BCUT2D eigenvalue weighted by Gasteiger charge is -2.19. The first-order valence-corrected chi connectivity index (χ1v) is 11.0. The highest BCUT2D eigenvalue weighted by Gasteiger charge is 2.25. The molecule has 11 nitrogen and oxygen atoms in total. The fraction of sp³-hybridized carbons (Fsp3) is 0.478. The number of amides is 2. The molecule has 0 bridgehead atoms. The molecule has 4 N–H and O–H groups in total. The van der Waals surface area contributed by atoms with Crippen molar-refractivity contribution in [2.75, 3.05) is 34.4 Å². The van der Waals surface area contributed by atoms with Gasteiger partial charge in [0.15, 0.2) is 6.23 Å². The number of likely N-dealkylation sites (N-methyl/N-ethyl adjacent to an activating group) is 2. The van der Waals surface area contributed by atoms with Crippen LogP contribution in [0.1, 0.15) is 41.8 Å². The van der Waals surface area contributed by atoms with E-state index in [0.717, 1.165) is 5.56 Å². The van der Waals surface area contributed by atoms with Crippen LogP contribution in [0, 0.1) is 12.7 Å². The van der Waals surface area contributed by atoms with Crippen LogP contribution in [-0.2, 0) is 27.3 Å². The van der Waals surface area contributed by atoms with Crippen LogP contribution >= 0.6 is 0 Å². The summed E-state index contributed by atoms with van der Waals surface area (Å²) in [6.07, 6.45) is -0.921. The molecule has 2 aromatic rings. The Morgan fingerprint density at radius 1 is 1.37 bits per heavy atom. The van der Waals surface area contributed by atoms with Crippen molar-refractivity contribution >= 4 is 11.8 Å². The summed E-state index contributed by atoms with van der Waals surface area (Å²) in [5, 5.41) is 25.6. The van der Waals surface area contributed by atoms with Gasteiger partial charge in [0.25, 0.3) is 5.56 Å². The maximum atomic E-state index is 13.3. The Bertz CT molecular complexity index is 1120. The molecule has 0 saturated carbocycles. The van der Waals surface area contributed by atoms with E-state index in [1.54, 1.807) is 19.1 Å². The number of aliphatic hydroxyl groups excluding tert-OH is 1. The Balaban J connectivity index is 0.000000410. The van der Waals surface area contributed by atoms with E-state index in [2.05, 4.69) is 15.6 Å². The smallest absolute Gasteiger partial charge is 0.311 e. The number of aromatic hydroxyl groups is 1. The van der Waals surface area contributed by atoms with Crippen molar-refractivity contribution in [1.29, 1.82) is 0 Å². The number of ether oxygens (including phenoxy) is 1. The van der Waals surface area contributed by atoms with Crippen molar-refractivity contribution in [3.63, 3.8) is 0 Å². The number of nitrogens with zero attached hydrogens (tertiary/aromatic N) is 3. The minimum atomic E-state index is -1.33. The van der Waals surface area contributed by atoms with E-state index in [4.69, 9.17) is 4.74 Å². The maximum Gasteiger partial charge on any atom is 0.311 e. The molecular formula is C23H32FN5O6. The number of nitrogens with one attached hydrogen (secondary N) is 2. The molecule has 1 aromatic heterocycles. The van der Waals surface area contributed by atoms with Gasteiger partial charge in [0.2, 0.25) is 5.75 Å². The lowest BCUT2D eigenvalue weighted by Crippen LogP contribution is -2.37. The van der Waals surface area contributed by atoms with Crippen LogP contribution in [-0.4, -0.2) is 70.8 Å². The molecule has 2 amide bonds. The second-order valence-electron chi connectivity index (χ2n) is 8.26. The number of carbonyl (C=O) groups is 2. The van der Waals surface area contributed by atoms with Crippen molar-refractivity contribution in [3.8, 4) is 5.75 Å². The van der Waals surface area contributed by atoms with Crippen LogP contribution < -0.4 is 16.2 Å². The van der Waals surface area contributed by atoms with Crippen molar-refractivity contribution in [2.24, 2.45) is 0 Å². The Labute approximate surface area is 202 Å². The summed E-state index contributed by atoms with van der Waals surface area (Å²) in [6.45, 7) is 4.46. The van der Waals surface area contributed by atoms with Crippen LogP contribution in [0.15, 0.2) is 23.0 Å². The third-order valence-corrected chi connectivity index (χ3v) is 5.27. The zero-order chi connectivity index (χ0) is 26.3. The van der Waals surface area contributed by atoms with Gasteiger partial charge in [-0.05, 0) is 31.0 Å². The van der Waals surface area contributed by atoms with Gasteiger partial charge in [0.1, 0.15) is 17.3 Å². The molecular weight excluding hydrogens is 461 g/mol. The molecule has 35 heavy (non-hydrogen) atoms. The molecule has 0 radical (unpaired) electrons. The third kappa shape index (κ3) is 7.07. The van der Waals surface area contributed by atoms with Crippen LogP contribution in [0.2, 0.25) is 0 Å².